The van der Waals surface area contributed by atoms with E-state index in [0.717, 1.165) is 11.5 Å². The Balaban J connectivity index is 2.01. The van der Waals surface area contributed by atoms with Gasteiger partial charge >= 0.3 is 6.09 Å². The molecular weight excluding hydrogens is 458 g/mol. The quantitative estimate of drug-likeness (QED) is 0.354. The number of ether oxygens (including phenoxy) is 1. The topological polar surface area (TPSA) is 117 Å². The fourth-order valence-electron chi connectivity index (χ4n) is 3.77. The summed E-state index contributed by atoms with van der Waals surface area (Å²) < 4.78 is 5.31. The van der Waals surface area contributed by atoms with Crippen LogP contribution < -0.4 is 16.0 Å². The van der Waals surface area contributed by atoms with Crippen LogP contribution in [-0.2, 0) is 20.7 Å². The lowest BCUT2D eigenvalue weighted by molar-refractivity contribution is -0.130. The van der Waals surface area contributed by atoms with Crippen molar-refractivity contribution in [1.29, 1.82) is 0 Å². The van der Waals surface area contributed by atoms with Gasteiger partial charge in [-0.05, 0) is 64.4 Å². The van der Waals surface area contributed by atoms with Crippen LogP contribution in [0.15, 0.2) is 30.3 Å². The van der Waals surface area contributed by atoms with Crippen LogP contribution >= 0.6 is 0 Å². The molecule has 197 valence electrons. The van der Waals surface area contributed by atoms with E-state index in [1.165, 1.54) is 0 Å². The molecule has 3 amide bonds. The predicted molar refractivity (Wildman–Crippen MR) is 139 cm³/mol. The number of amides is 3. The van der Waals surface area contributed by atoms with Gasteiger partial charge in [-0.25, -0.2) is 4.79 Å². The number of hydrogen-bond donors (Lipinski definition) is 4. The molecular formula is C28H40N3O5. The van der Waals surface area contributed by atoms with Crippen LogP contribution in [-0.4, -0.2) is 53.3 Å². The van der Waals surface area contributed by atoms with E-state index in [9.17, 15) is 19.5 Å². The summed E-state index contributed by atoms with van der Waals surface area (Å²) in [4.78, 5) is 38.1. The van der Waals surface area contributed by atoms with Gasteiger partial charge < -0.3 is 25.8 Å². The van der Waals surface area contributed by atoms with Crippen LogP contribution in [0.1, 0.15) is 53.0 Å². The van der Waals surface area contributed by atoms with Crippen molar-refractivity contribution in [2.45, 2.75) is 77.7 Å². The third-order valence-corrected chi connectivity index (χ3v) is 5.42. The smallest absolute Gasteiger partial charge is 0.407 e. The van der Waals surface area contributed by atoms with Gasteiger partial charge in [-0.3, -0.25) is 9.59 Å². The van der Waals surface area contributed by atoms with Gasteiger partial charge in [0, 0.05) is 18.9 Å². The van der Waals surface area contributed by atoms with Gasteiger partial charge in [-0.1, -0.05) is 44.2 Å². The lowest BCUT2D eigenvalue weighted by Gasteiger charge is -2.28. The fourth-order valence-corrected chi connectivity index (χ4v) is 3.77. The summed E-state index contributed by atoms with van der Waals surface area (Å²) in [6.07, 6.45) is 6.31. The Morgan fingerprint density at radius 1 is 1.00 bits per heavy atom. The zero-order chi connectivity index (χ0) is 26.7. The van der Waals surface area contributed by atoms with Crippen molar-refractivity contribution in [1.82, 2.24) is 16.0 Å². The highest BCUT2D eigenvalue weighted by atomic mass is 16.6. The number of aliphatic hydroxyl groups is 1. The number of alkyl carbamates (subject to hydrolysis) is 1. The molecule has 0 unspecified atom stereocenters. The molecule has 0 heterocycles. The van der Waals surface area contributed by atoms with E-state index >= 15 is 0 Å². The van der Waals surface area contributed by atoms with Crippen molar-refractivity contribution in [3.8, 4) is 0 Å². The van der Waals surface area contributed by atoms with Crippen molar-refractivity contribution in [3.63, 3.8) is 0 Å². The minimum Gasteiger partial charge on any atom is -0.444 e. The number of carbonyl (C=O) groups excluding carboxylic acids is 3. The highest BCUT2D eigenvalue weighted by Gasteiger charge is 2.29. The van der Waals surface area contributed by atoms with Gasteiger partial charge in [0.15, 0.2) is 0 Å². The van der Waals surface area contributed by atoms with Gasteiger partial charge in [0.1, 0.15) is 11.6 Å². The first-order valence-corrected chi connectivity index (χ1v) is 12.4. The standard InChI is InChI=1S/C28H40N3O5/c1-19(2)15-22(31-27(35)36-28(3,4)5)24(32)17-25(33)30-23(16-20-11-7-6-8-12-20)26(34)29-18-21-13-9-10-14-21/h6-14,19,22-24,32H,15-18H2,1-5H3,(H,29,34)(H,30,33)(H,31,35)/t22-,23-,24+/m0/s1. The van der Waals surface area contributed by atoms with Crippen LogP contribution in [0.3, 0.4) is 0 Å². The van der Waals surface area contributed by atoms with Crippen molar-refractivity contribution >= 4 is 17.9 Å². The van der Waals surface area contributed by atoms with E-state index in [1.807, 2.05) is 69.9 Å². The Bertz CT molecular complexity index is 831. The second kappa shape index (κ2) is 14.2. The summed E-state index contributed by atoms with van der Waals surface area (Å²) in [7, 11) is 0. The summed E-state index contributed by atoms with van der Waals surface area (Å²) in [6.45, 7) is 9.54. The molecule has 2 rings (SSSR count). The lowest BCUT2D eigenvalue weighted by atomic mass is 9.97. The summed E-state index contributed by atoms with van der Waals surface area (Å²) in [6, 6.07) is 7.92. The molecule has 5 radical (unpaired) electrons. The Hall–Kier alpha value is -2.61. The highest BCUT2D eigenvalue weighted by Crippen LogP contribution is 2.21. The summed E-state index contributed by atoms with van der Waals surface area (Å²) in [5.41, 5.74) is 0.214. The van der Waals surface area contributed by atoms with Crippen LogP contribution in [0.2, 0.25) is 0 Å². The summed E-state index contributed by atoms with van der Waals surface area (Å²) >= 11 is 0. The Labute approximate surface area is 215 Å². The Kier molecular flexibility index (Phi) is 11.7. The molecule has 1 aliphatic rings. The van der Waals surface area contributed by atoms with Crippen molar-refractivity contribution in [2.24, 2.45) is 5.92 Å². The summed E-state index contributed by atoms with van der Waals surface area (Å²) in [5.74, 6) is 0.337. The third kappa shape index (κ3) is 11.4. The van der Waals surface area contributed by atoms with E-state index in [-0.39, 0.29) is 18.2 Å². The Morgan fingerprint density at radius 2 is 1.64 bits per heavy atom. The van der Waals surface area contributed by atoms with Crippen molar-refractivity contribution in [3.05, 3.63) is 67.5 Å². The molecule has 1 fully saturated rings. The molecule has 8 heteroatoms. The zero-order valence-electron chi connectivity index (χ0n) is 21.9. The number of nitrogens with one attached hydrogen (secondary N) is 3. The maximum atomic E-state index is 13.0. The molecule has 3 atom stereocenters. The first-order chi connectivity index (χ1) is 16.9. The van der Waals surface area contributed by atoms with E-state index in [4.69, 9.17) is 4.74 Å². The third-order valence-electron chi connectivity index (χ3n) is 5.42. The second-order valence-electron chi connectivity index (χ2n) is 10.5. The number of benzene rings is 1. The normalized spacial score (nSPS) is 16.8. The number of hydrogen-bond acceptors (Lipinski definition) is 5. The van der Waals surface area contributed by atoms with E-state index in [2.05, 4.69) is 16.0 Å². The predicted octanol–water partition coefficient (Wildman–Crippen LogP) is 2.93. The van der Waals surface area contributed by atoms with E-state index in [1.54, 1.807) is 20.8 Å². The molecule has 0 aromatic heterocycles. The zero-order valence-corrected chi connectivity index (χ0v) is 21.9. The van der Waals surface area contributed by atoms with Gasteiger partial charge in [-0.15, -0.1) is 0 Å². The maximum absolute atomic E-state index is 13.0. The lowest BCUT2D eigenvalue weighted by Crippen LogP contribution is -2.51. The van der Waals surface area contributed by atoms with Gasteiger partial charge in [0.05, 0.1) is 18.6 Å². The molecule has 36 heavy (non-hydrogen) atoms. The van der Waals surface area contributed by atoms with Crippen LogP contribution in [0, 0.1) is 37.5 Å². The molecule has 1 aromatic carbocycles. The molecule has 1 aromatic rings. The fraction of sp³-hybridized carbons (Fsp3) is 0.500. The van der Waals surface area contributed by atoms with Crippen LogP contribution in [0.25, 0.3) is 0 Å². The van der Waals surface area contributed by atoms with Crippen molar-refractivity contribution in [2.75, 3.05) is 6.54 Å². The van der Waals surface area contributed by atoms with Gasteiger partial charge in [-0.2, -0.15) is 0 Å². The molecule has 8 nitrogen and oxygen atoms in total. The average molecular weight is 499 g/mol. The monoisotopic (exact) mass is 498 g/mol. The molecule has 1 aliphatic carbocycles. The Morgan fingerprint density at radius 3 is 2.22 bits per heavy atom. The van der Waals surface area contributed by atoms with Crippen LogP contribution in [0.5, 0.6) is 0 Å². The number of rotatable bonds is 12. The molecule has 0 saturated heterocycles. The minimum atomic E-state index is -1.15. The second-order valence-corrected chi connectivity index (χ2v) is 10.5. The van der Waals surface area contributed by atoms with Crippen LogP contribution in [0.4, 0.5) is 4.79 Å². The van der Waals surface area contributed by atoms with Crippen molar-refractivity contribution < 1.29 is 24.2 Å². The maximum Gasteiger partial charge on any atom is 0.407 e. The average Bonchev–Trinajstić information content (AvgIpc) is 3.29. The molecule has 4 N–H and O–H groups in total. The molecule has 0 spiro atoms. The molecule has 0 bridgehead atoms. The molecule has 0 aliphatic heterocycles. The van der Waals surface area contributed by atoms with E-state index < -0.39 is 35.8 Å². The number of carbonyl (C=O) groups is 3. The minimum absolute atomic E-state index is 0.162. The number of aliphatic hydroxyl groups excluding tert-OH is 1. The summed E-state index contributed by atoms with van der Waals surface area (Å²) in [5, 5.41) is 19.1. The van der Waals surface area contributed by atoms with E-state index in [0.29, 0.717) is 19.4 Å². The SMILES string of the molecule is CC(C)C[C@H](NC(=O)OC(C)(C)C)[C@H](O)CC(=O)N[C@@H](Cc1ccccc1)C(=O)NC[C]1[CH][CH][CH][CH]1. The van der Waals surface area contributed by atoms with Gasteiger partial charge in [0.25, 0.3) is 0 Å². The first kappa shape index (κ1) is 29.6. The first-order valence-electron chi connectivity index (χ1n) is 12.4. The van der Waals surface area contributed by atoms with Gasteiger partial charge in [0.2, 0.25) is 11.8 Å². The molecule has 1 saturated carbocycles. The largest absolute Gasteiger partial charge is 0.444 e. The highest BCUT2D eigenvalue weighted by molar-refractivity contribution is 5.88.